The first-order chi connectivity index (χ1) is 10.6. The second kappa shape index (κ2) is 8.03. The summed E-state index contributed by atoms with van der Waals surface area (Å²) in [5, 5.41) is 15.4. The minimum absolute atomic E-state index is 0.184. The number of nitrogens with one attached hydrogen (secondary N) is 2. The molecule has 0 heterocycles. The summed E-state index contributed by atoms with van der Waals surface area (Å²) >= 11 is 0. The summed E-state index contributed by atoms with van der Waals surface area (Å²) in [4.78, 5) is 14.1. The topological polar surface area (TPSA) is 64.6 Å². The van der Waals surface area contributed by atoms with Gasteiger partial charge in [-0.25, -0.2) is 4.79 Å². The largest absolute Gasteiger partial charge is 0.393 e. The number of nitrogens with zero attached hydrogens (tertiary/aromatic N) is 1. The summed E-state index contributed by atoms with van der Waals surface area (Å²) in [7, 11) is 2.02. The van der Waals surface area contributed by atoms with Crippen LogP contribution in [-0.2, 0) is 0 Å². The van der Waals surface area contributed by atoms with E-state index in [1.165, 1.54) is 0 Å². The summed E-state index contributed by atoms with van der Waals surface area (Å²) in [6, 6.07) is 7.63. The fraction of sp³-hybridized carbons (Fsp3) is 0.588. The third-order valence-corrected chi connectivity index (χ3v) is 4.33. The molecule has 2 atom stereocenters. The van der Waals surface area contributed by atoms with E-state index >= 15 is 0 Å². The number of aliphatic hydroxyl groups is 1. The van der Waals surface area contributed by atoms with Gasteiger partial charge in [-0.15, -0.1) is 0 Å². The van der Waals surface area contributed by atoms with E-state index in [0.717, 1.165) is 43.6 Å². The van der Waals surface area contributed by atoms with Crippen molar-refractivity contribution in [3.8, 4) is 0 Å². The quantitative estimate of drug-likeness (QED) is 0.784. The van der Waals surface area contributed by atoms with Crippen molar-refractivity contribution in [1.29, 1.82) is 0 Å². The predicted molar refractivity (Wildman–Crippen MR) is 90.4 cm³/mol. The number of urea groups is 1. The van der Waals surface area contributed by atoms with Gasteiger partial charge in [0, 0.05) is 31.5 Å². The molecule has 0 aromatic heterocycles. The molecule has 2 unspecified atom stereocenters. The second-order valence-corrected chi connectivity index (χ2v) is 6.09. The van der Waals surface area contributed by atoms with Gasteiger partial charge in [0.25, 0.3) is 0 Å². The summed E-state index contributed by atoms with van der Waals surface area (Å²) in [6.07, 6.45) is 3.59. The van der Waals surface area contributed by atoms with E-state index in [1.54, 1.807) is 0 Å². The smallest absolute Gasteiger partial charge is 0.319 e. The van der Waals surface area contributed by atoms with Gasteiger partial charge in [0.1, 0.15) is 0 Å². The maximum Gasteiger partial charge on any atom is 0.319 e. The van der Waals surface area contributed by atoms with Gasteiger partial charge in [0.2, 0.25) is 0 Å². The third kappa shape index (κ3) is 4.91. The zero-order valence-corrected chi connectivity index (χ0v) is 13.5. The van der Waals surface area contributed by atoms with Gasteiger partial charge in [-0.05, 0) is 50.3 Å². The molecule has 0 bridgehead atoms. The lowest BCUT2D eigenvalue weighted by Crippen LogP contribution is -2.35. The van der Waals surface area contributed by atoms with Crippen LogP contribution in [0.3, 0.4) is 0 Å². The normalized spacial score (nSPS) is 21.2. The van der Waals surface area contributed by atoms with Crippen LogP contribution in [0.25, 0.3) is 0 Å². The highest BCUT2D eigenvalue weighted by Gasteiger charge is 2.20. The molecule has 0 spiro atoms. The average Bonchev–Trinajstić information content (AvgIpc) is 2.52. The van der Waals surface area contributed by atoms with Crippen molar-refractivity contribution in [2.75, 3.05) is 30.4 Å². The van der Waals surface area contributed by atoms with Crippen LogP contribution in [0, 0.1) is 5.92 Å². The van der Waals surface area contributed by atoms with E-state index in [1.807, 2.05) is 31.3 Å². The number of rotatable bonds is 5. The molecule has 5 heteroatoms. The first-order valence-corrected chi connectivity index (χ1v) is 8.12. The van der Waals surface area contributed by atoms with Gasteiger partial charge < -0.3 is 20.6 Å². The molecule has 1 aliphatic rings. The lowest BCUT2D eigenvalue weighted by atomic mass is 9.87. The highest BCUT2D eigenvalue weighted by atomic mass is 16.3. The van der Waals surface area contributed by atoms with Crippen LogP contribution >= 0.6 is 0 Å². The van der Waals surface area contributed by atoms with Crippen molar-refractivity contribution >= 4 is 17.4 Å². The van der Waals surface area contributed by atoms with Crippen molar-refractivity contribution in [1.82, 2.24) is 5.32 Å². The molecular weight excluding hydrogens is 278 g/mol. The fourth-order valence-corrected chi connectivity index (χ4v) is 2.86. The van der Waals surface area contributed by atoms with Crippen molar-refractivity contribution in [3.05, 3.63) is 24.3 Å². The number of hydrogen-bond donors (Lipinski definition) is 3. The Morgan fingerprint density at radius 3 is 2.95 bits per heavy atom. The molecule has 0 aliphatic heterocycles. The molecule has 3 N–H and O–H groups in total. The number of carbonyl (C=O) groups excluding carboxylic acids is 1. The van der Waals surface area contributed by atoms with Crippen LogP contribution in [0.4, 0.5) is 16.2 Å². The van der Waals surface area contributed by atoms with Gasteiger partial charge in [0.15, 0.2) is 0 Å². The molecule has 1 fully saturated rings. The first-order valence-electron chi connectivity index (χ1n) is 8.12. The molecule has 1 aromatic carbocycles. The Labute approximate surface area is 132 Å². The first kappa shape index (κ1) is 16.6. The maximum absolute atomic E-state index is 12.0. The van der Waals surface area contributed by atoms with Crippen LogP contribution in [0.5, 0.6) is 0 Å². The Morgan fingerprint density at radius 2 is 2.23 bits per heavy atom. The number of aliphatic hydroxyl groups excluding tert-OH is 1. The third-order valence-electron chi connectivity index (χ3n) is 4.33. The minimum Gasteiger partial charge on any atom is -0.393 e. The molecule has 1 aliphatic carbocycles. The Bertz CT molecular complexity index is 493. The van der Waals surface area contributed by atoms with Crippen molar-refractivity contribution in [2.45, 2.75) is 38.7 Å². The van der Waals surface area contributed by atoms with Crippen molar-refractivity contribution < 1.29 is 9.90 Å². The zero-order chi connectivity index (χ0) is 15.9. The molecule has 1 saturated carbocycles. The molecular formula is C17H27N3O2. The van der Waals surface area contributed by atoms with Crippen molar-refractivity contribution in [3.63, 3.8) is 0 Å². The number of carbonyl (C=O) groups is 1. The van der Waals surface area contributed by atoms with E-state index in [0.29, 0.717) is 12.5 Å². The van der Waals surface area contributed by atoms with E-state index in [2.05, 4.69) is 22.5 Å². The predicted octanol–water partition coefficient (Wildman–Crippen LogP) is 2.82. The van der Waals surface area contributed by atoms with Gasteiger partial charge in [0.05, 0.1) is 6.10 Å². The number of hydrogen-bond acceptors (Lipinski definition) is 3. The lowest BCUT2D eigenvalue weighted by Gasteiger charge is -2.26. The molecule has 122 valence electrons. The summed E-state index contributed by atoms with van der Waals surface area (Å²) in [5.74, 6) is 0.382. The molecule has 2 amide bonds. The molecule has 2 rings (SSSR count). The number of amides is 2. The Kier molecular flexibility index (Phi) is 6.07. The fourth-order valence-electron chi connectivity index (χ4n) is 2.86. The van der Waals surface area contributed by atoms with E-state index < -0.39 is 0 Å². The number of anilines is 2. The van der Waals surface area contributed by atoms with Crippen LogP contribution in [0.1, 0.15) is 32.6 Å². The Hall–Kier alpha value is -1.75. The highest BCUT2D eigenvalue weighted by molar-refractivity contribution is 5.89. The summed E-state index contributed by atoms with van der Waals surface area (Å²) < 4.78 is 0. The molecule has 22 heavy (non-hydrogen) atoms. The Morgan fingerprint density at radius 1 is 1.41 bits per heavy atom. The Balaban J connectivity index is 1.81. The van der Waals surface area contributed by atoms with Gasteiger partial charge in [-0.1, -0.05) is 12.5 Å². The monoisotopic (exact) mass is 305 g/mol. The van der Waals surface area contributed by atoms with Crippen LogP contribution < -0.4 is 15.5 Å². The average molecular weight is 305 g/mol. The minimum atomic E-state index is -0.204. The van der Waals surface area contributed by atoms with Gasteiger partial charge in [-0.3, -0.25) is 0 Å². The molecule has 0 saturated heterocycles. The number of benzene rings is 1. The molecule has 0 radical (unpaired) electrons. The van der Waals surface area contributed by atoms with Gasteiger partial charge in [-0.2, -0.15) is 0 Å². The van der Waals surface area contributed by atoms with Crippen molar-refractivity contribution in [2.24, 2.45) is 5.92 Å². The maximum atomic E-state index is 12.0. The van der Waals surface area contributed by atoms with E-state index in [9.17, 15) is 9.90 Å². The molecule has 1 aromatic rings. The summed E-state index contributed by atoms with van der Waals surface area (Å²) in [6.45, 7) is 3.63. The second-order valence-electron chi connectivity index (χ2n) is 6.09. The standard InChI is InChI=1S/C17H27N3O2/c1-3-20(2)15-8-5-7-14(11-15)19-17(22)18-12-13-6-4-9-16(21)10-13/h5,7-8,11,13,16,21H,3-4,6,9-10,12H2,1-2H3,(H2,18,19,22). The van der Waals surface area contributed by atoms with Crippen LogP contribution in [-0.4, -0.2) is 37.4 Å². The highest BCUT2D eigenvalue weighted by Crippen LogP contribution is 2.23. The van der Waals surface area contributed by atoms with Crippen LogP contribution in [0.15, 0.2) is 24.3 Å². The summed E-state index contributed by atoms with van der Waals surface area (Å²) in [5.41, 5.74) is 1.87. The van der Waals surface area contributed by atoms with Crippen LogP contribution in [0.2, 0.25) is 0 Å². The van der Waals surface area contributed by atoms with E-state index in [-0.39, 0.29) is 12.1 Å². The SMILES string of the molecule is CCN(C)c1cccc(NC(=O)NCC2CCCC(O)C2)c1. The zero-order valence-electron chi connectivity index (χ0n) is 13.5. The lowest BCUT2D eigenvalue weighted by molar-refractivity contribution is 0.101. The molecule has 5 nitrogen and oxygen atoms in total. The van der Waals surface area contributed by atoms with E-state index in [4.69, 9.17) is 0 Å². The van der Waals surface area contributed by atoms with Gasteiger partial charge >= 0.3 is 6.03 Å².